The van der Waals surface area contributed by atoms with Crippen LogP contribution in [0.1, 0.15) is 52.8 Å². The first kappa shape index (κ1) is 25.0. The number of nitrogens with zero attached hydrogens (tertiary/aromatic N) is 1. The Bertz CT molecular complexity index is 1060. The Kier molecular flexibility index (Phi) is 7.40. The van der Waals surface area contributed by atoms with Gasteiger partial charge < -0.3 is 26.0 Å². The largest absolute Gasteiger partial charge is 0.377 e. The number of anilines is 1. The smallest absolute Gasteiger partial charge is 0.257 e. The molecule has 1 atom stereocenters. The van der Waals surface area contributed by atoms with Gasteiger partial charge in [0.1, 0.15) is 18.0 Å². The second-order valence-electron chi connectivity index (χ2n) is 8.11. The van der Waals surface area contributed by atoms with Gasteiger partial charge in [0, 0.05) is 11.4 Å². The molecule has 1 unspecified atom stereocenters. The Balaban J connectivity index is 2.45. The van der Waals surface area contributed by atoms with Crippen molar-refractivity contribution in [3.63, 3.8) is 0 Å². The number of rotatable bonds is 8. The van der Waals surface area contributed by atoms with E-state index < -0.39 is 41.9 Å². The van der Waals surface area contributed by atoms with Crippen molar-refractivity contribution in [3.05, 3.63) is 52.1 Å². The van der Waals surface area contributed by atoms with E-state index in [-0.39, 0.29) is 23.4 Å². The molecule has 1 aromatic carbocycles. The first-order chi connectivity index (χ1) is 14.8. The summed E-state index contributed by atoms with van der Waals surface area (Å²) in [6.07, 6.45) is -1.78. The molecule has 0 aliphatic heterocycles. The molecule has 10 heteroatoms. The molecule has 0 bridgehead atoms. The molecule has 2 aromatic rings. The molecular weight excluding hydrogens is 422 g/mol. The van der Waals surface area contributed by atoms with E-state index in [1.54, 1.807) is 13.8 Å². The summed E-state index contributed by atoms with van der Waals surface area (Å²) in [5.41, 5.74) is 5.31. The quantitative estimate of drug-likeness (QED) is 0.492. The zero-order valence-corrected chi connectivity index (χ0v) is 18.7. The average molecular weight is 450 g/mol. The Hall–Kier alpha value is -3.27. The molecule has 2 rings (SSSR count). The molecule has 0 aliphatic rings. The number of hydrogen-bond donors (Lipinski definition) is 4. The van der Waals surface area contributed by atoms with Gasteiger partial charge in [-0.15, -0.1) is 0 Å². The van der Waals surface area contributed by atoms with Gasteiger partial charge in [-0.25, -0.2) is 8.78 Å². The third kappa shape index (κ3) is 4.96. The first-order valence-corrected chi connectivity index (χ1v) is 9.94. The lowest BCUT2D eigenvalue weighted by molar-refractivity contribution is -0.136. The van der Waals surface area contributed by atoms with Gasteiger partial charge in [0.25, 0.3) is 11.8 Å². The number of nitrogens with two attached hydrogens (primary N) is 1. The number of amides is 3. The normalized spacial score (nSPS) is 12.4. The summed E-state index contributed by atoms with van der Waals surface area (Å²) in [5, 5.41) is 15.7. The van der Waals surface area contributed by atoms with Crippen LogP contribution in [0.15, 0.2) is 18.2 Å². The molecule has 8 nitrogen and oxygen atoms in total. The molecule has 5 N–H and O–H groups in total. The maximum atomic E-state index is 13.5. The molecular formula is C22H28F2N4O4. The van der Waals surface area contributed by atoms with E-state index in [1.807, 2.05) is 0 Å². The van der Waals surface area contributed by atoms with Gasteiger partial charge in [0.15, 0.2) is 6.10 Å². The molecule has 32 heavy (non-hydrogen) atoms. The predicted octanol–water partition coefficient (Wildman–Crippen LogP) is 2.19. The SMILES string of the molecule is Cc1cc(NC(=O)c2c(C)c(C(O)C(=O)NC(C)(C)C(N)=O)n(CCF)c2C)ccc1F. The number of aryl methyl sites for hydroxylation is 1. The molecule has 1 heterocycles. The number of aliphatic hydroxyl groups is 1. The van der Waals surface area contributed by atoms with Crippen LogP contribution < -0.4 is 16.4 Å². The van der Waals surface area contributed by atoms with Crippen molar-refractivity contribution in [1.82, 2.24) is 9.88 Å². The lowest BCUT2D eigenvalue weighted by Crippen LogP contribution is -2.54. The molecule has 0 saturated heterocycles. The van der Waals surface area contributed by atoms with Crippen molar-refractivity contribution in [3.8, 4) is 0 Å². The van der Waals surface area contributed by atoms with Crippen molar-refractivity contribution in [2.75, 3.05) is 12.0 Å². The highest BCUT2D eigenvalue weighted by molar-refractivity contribution is 6.06. The predicted molar refractivity (Wildman–Crippen MR) is 115 cm³/mol. The van der Waals surface area contributed by atoms with Crippen LogP contribution in [0.3, 0.4) is 0 Å². The van der Waals surface area contributed by atoms with Gasteiger partial charge in [0.05, 0.1) is 17.8 Å². The van der Waals surface area contributed by atoms with E-state index in [4.69, 9.17) is 5.73 Å². The van der Waals surface area contributed by atoms with Gasteiger partial charge in [-0.2, -0.15) is 0 Å². The third-order valence-electron chi connectivity index (χ3n) is 5.33. The molecule has 1 aromatic heterocycles. The summed E-state index contributed by atoms with van der Waals surface area (Å²) in [7, 11) is 0. The summed E-state index contributed by atoms with van der Waals surface area (Å²) in [6, 6.07) is 4.09. The Morgan fingerprint density at radius 1 is 1.22 bits per heavy atom. The van der Waals surface area contributed by atoms with E-state index >= 15 is 0 Å². The van der Waals surface area contributed by atoms with Crippen molar-refractivity contribution in [1.29, 1.82) is 0 Å². The maximum absolute atomic E-state index is 13.5. The fourth-order valence-corrected chi connectivity index (χ4v) is 3.46. The first-order valence-electron chi connectivity index (χ1n) is 9.94. The van der Waals surface area contributed by atoms with Crippen molar-refractivity contribution in [2.45, 2.75) is 52.8 Å². The summed E-state index contributed by atoms with van der Waals surface area (Å²) in [5.74, 6) is -2.70. The van der Waals surface area contributed by atoms with Crippen LogP contribution in [0.25, 0.3) is 0 Å². The summed E-state index contributed by atoms with van der Waals surface area (Å²) in [6.45, 7) is 6.40. The molecule has 3 amide bonds. The highest BCUT2D eigenvalue weighted by atomic mass is 19.1. The number of aliphatic hydroxyl groups excluding tert-OH is 1. The molecule has 0 aliphatic carbocycles. The number of alkyl halides is 1. The van der Waals surface area contributed by atoms with E-state index in [9.17, 15) is 28.3 Å². The molecule has 174 valence electrons. The second kappa shape index (κ2) is 9.47. The Morgan fingerprint density at radius 2 is 1.84 bits per heavy atom. The standard InChI is InChI=1S/C22H28F2N4O4/c1-11-10-14(6-7-15(11)24)26-19(30)16-12(2)17(28(9-8-23)13(16)3)18(29)20(31)27-22(4,5)21(25)32/h6-7,10,18,29H,8-9H2,1-5H3,(H2,25,32)(H,26,30)(H,27,31). The number of benzene rings is 1. The van der Waals surface area contributed by atoms with E-state index in [1.165, 1.54) is 43.5 Å². The minimum absolute atomic E-state index is 0.0263. The van der Waals surface area contributed by atoms with Gasteiger partial charge >= 0.3 is 0 Å². The summed E-state index contributed by atoms with van der Waals surface area (Å²) in [4.78, 5) is 37.1. The van der Waals surface area contributed by atoms with Gasteiger partial charge in [-0.05, 0) is 63.9 Å². The topological polar surface area (TPSA) is 126 Å². The number of nitrogens with one attached hydrogen (secondary N) is 2. The fraction of sp³-hybridized carbons (Fsp3) is 0.409. The van der Waals surface area contributed by atoms with Crippen LogP contribution in [0.5, 0.6) is 0 Å². The van der Waals surface area contributed by atoms with Crippen LogP contribution in [-0.4, -0.2) is 39.6 Å². The Morgan fingerprint density at radius 3 is 2.38 bits per heavy atom. The zero-order valence-electron chi connectivity index (χ0n) is 18.7. The highest BCUT2D eigenvalue weighted by Crippen LogP contribution is 2.29. The summed E-state index contributed by atoms with van der Waals surface area (Å²) >= 11 is 0. The molecule has 0 radical (unpaired) electrons. The van der Waals surface area contributed by atoms with Crippen molar-refractivity contribution in [2.24, 2.45) is 5.73 Å². The highest BCUT2D eigenvalue weighted by Gasteiger charge is 2.34. The number of hydrogen-bond acceptors (Lipinski definition) is 4. The van der Waals surface area contributed by atoms with Gasteiger partial charge in [-0.3, -0.25) is 14.4 Å². The second-order valence-corrected chi connectivity index (χ2v) is 8.11. The van der Waals surface area contributed by atoms with E-state index in [0.29, 0.717) is 16.9 Å². The number of primary amides is 1. The minimum Gasteiger partial charge on any atom is -0.377 e. The number of carbonyl (C=O) groups is 3. The van der Waals surface area contributed by atoms with Gasteiger partial charge in [-0.1, -0.05) is 0 Å². The lowest BCUT2D eigenvalue weighted by atomic mass is 10.0. The maximum Gasteiger partial charge on any atom is 0.257 e. The van der Waals surface area contributed by atoms with E-state index in [2.05, 4.69) is 10.6 Å². The summed E-state index contributed by atoms with van der Waals surface area (Å²) < 4.78 is 28.1. The lowest BCUT2D eigenvalue weighted by Gasteiger charge is -2.25. The zero-order chi connectivity index (χ0) is 24.4. The Labute approximate surface area is 184 Å². The van der Waals surface area contributed by atoms with E-state index in [0.717, 1.165) is 0 Å². The van der Waals surface area contributed by atoms with Gasteiger partial charge in [0.2, 0.25) is 5.91 Å². The van der Waals surface area contributed by atoms with Crippen molar-refractivity contribution >= 4 is 23.4 Å². The van der Waals surface area contributed by atoms with Crippen LogP contribution in [0, 0.1) is 26.6 Å². The van der Waals surface area contributed by atoms with Crippen LogP contribution in [-0.2, 0) is 16.1 Å². The minimum atomic E-state index is -1.78. The average Bonchev–Trinajstić information content (AvgIpc) is 2.93. The number of aromatic nitrogens is 1. The van der Waals surface area contributed by atoms with Crippen molar-refractivity contribution < 1.29 is 28.3 Å². The monoisotopic (exact) mass is 450 g/mol. The van der Waals surface area contributed by atoms with Crippen LogP contribution >= 0.6 is 0 Å². The fourth-order valence-electron chi connectivity index (χ4n) is 3.46. The van der Waals surface area contributed by atoms with Crippen LogP contribution in [0.4, 0.5) is 14.5 Å². The number of carbonyl (C=O) groups excluding carboxylic acids is 3. The molecule has 0 fully saturated rings. The molecule has 0 saturated carbocycles. The van der Waals surface area contributed by atoms with Crippen LogP contribution in [0.2, 0.25) is 0 Å². The third-order valence-corrected chi connectivity index (χ3v) is 5.33. The number of halogens is 2. The molecule has 0 spiro atoms.